The van der Waals surface area contributed by atoms with Gasteiger partial charge in [-0.3, -0.25) is 0 Å². The van der Waals surface area contributed by atoms with Crippen LogP contribution < -0.4 is 5.32 Å². The van der Waals surface area contributed by atoms with Gasteiger partial charge >= 0.3 is 0 Å². The monoisotopic (exact) mass is 332 g/mol. The second-order valence-corrected chi connectivity index (χ2v) is 5.44. The van der Waals surface area contributed by atoms with Gasteiger partial charge < -0.3 is 9.73 Å². The number of halogens is 1. The average molecular weight is 333 g/mol. The van der Waals surface area contributed by atoms with Gasteiger partial charge in [-0.2, -0.15) is 0 Å². The molecule has 0 bridgehead atoms. The van der Waals surface area contributed by atoms with Crippen molar-refractivity contribution in [2.45, 2.75) is 12.8 Å². The molecule has 20 heavy (non-hydrogen) atoms. The number of hydrogen-bond acceptors (Lipinski definition) is 5. The average Bonchev–Trinajstić information content (AvgIpc) is 2.90. The molecular formula is C14H13BrN4O. The molecule has 102 valence electrons. The molecule has 0 fully saturated rings. The minimum absolute atomic E-state index is 0.134. The standard InChI is InChI=1S/C14H13BrN4O/c1-9(6-16-14-17-7-10(15)8-18-14)13-19-11-4-2-3-5-12(11)20-13/h2-5,7-9H,6H2,1H3,(H,16,17,18)/t9-/m0/s1. The number of hydrogen-bond donors (Lipinski definition) is 1. The molecule has 0 spiro atoms. The Kier molecular flexibility index (Phi) is 3.64. The summed E-state index contributed by atoms with van der Waals surface area (Å²) in [5.74, 6) is 1.45. The molecule has 0 amide bonds. The first-order valence-electron chi connectivity index (χ1n) is 6.29. The van der Waals surface area contributed by atoms with Gasteiger partial charge in [0.15, 0.2) is 11.5 Å². The molecule has 0 saturated carbocycles. The van der Waals surface area contributed by atoms with Crippen molar-refractivity contribution < 1.29 is 4.42 Å². The van der Waals surface area contributed by atoms with Crippen LogP contribution in [-0.4, -0.2) is 21.5 Å². The summed E-state index contributed by atoms with van der Waals surface area (Å²) in [5, 5.41) is 3.17. The van der Waals surface area contributed by atoms with E-state index in [1.807, 2.05) is 24.3 Å². The maximum Gasteiger partial charge on any atom is 0.222 e. The lowest BCUT2D eigenvalue weighted by molar-refractivity contribution is 0.494. The first-order chi connectivity index (χ1) is 9.72. The molecule has 1 aromatic carbocycles. The maximum atomic E-state index is 5.74. The number of benzene rings is 1. The van der Waals surface area contributed by atoms with Crippen LogP contribution in [0.15, 0.2) is 45.5 Å². The zero-order chi connectivity index (χ0) is 13.9. The Balaban J connectivity index is 1.69. The van der Waals surface area contributed by atoms with Crippen molar-refractivity contribution in [2.24, 2.45) is 0 Å². The van der Waals surface area contributed by atoms with Crippen molar-refractivity contribution in [2.75, 3.05) is 11.9 Å². The number of nitrogens with zero attached hydrogens (tertiary/aromatic N) is 3. The summed E-state index contributed by atoms with van der Waals surface area (Å²) < 4.78 is 6.59. The van der Waals surface area contributed by atoms with E-state index in [0.29, 0.717) is 12.5 Å². The molecule has 2 heterocycles. The van der Waals surface area contributed by atoms with Crippen LogP contribution in [-0.2, 0) is 0 Å². The lowest BCUT2D eigenvalue weighted by atomic mass is 10.2. The third-order valence-electron chi connectivity index (χ3n) is 2.92. The first-order valence-corrected chi connectivity index (χ1v) is 7.08. The second-order valence-electron chi connectivity index (χ2n) is 4.53. The van der Waals surface area contributed by atoms with Crippen molar-refractivity contribution in [1.29, 1.82) is 0 Å². The normalized spacial score (nSPS) is 12.5. The zero-order valence-corrected chi connectivity index (χ0v) is 12.5. The molecule has 1 atom stereocenters. The lowest BCUT2D eigenvalue weighted by Crippen LogP contribution is -2.12. The Labute approximate surface area is 124 Å². The van der Waals surface area contributed by atoms with Crippen LogP contribution in [0.5, 0.6) is 0 Å². The summed E-state index contributed by atoms with van der Waals surface area (Å²) >= 11 is 3.30. The summed E-state index contributed by atoms with van der Waals surface area (Å²) in [6, 6.07) is 7.76. The summed E-state index contributed by atoms with van der Waals surface area (Å²) in [6.07, 6.45) is 3.42. The molecule has 5 nitrogen and oxygen atoms in total. The van der Waals surface area contributed by atoms with Gasteiger partial charge in [-0.25, -0.2) is 15.0 Å². The number of anilines is 1. The highest BCUT2D eigenvalue weighted by Crippen LogP contribution is 2.21. The van der Waals surface area contributed by atoms with Crippen LogP contribution in [0.2, 0.25) is 0 Å². The predicted molar refractivity (Wildman–Crippen MR) is 80.6 cm³/mol. The van der Waals surface area contributed by atoms with Gasteiger partial charge in [-0.05, 0) is 28.1 Å². The van der Waals surface area contributed by atoms with E-state index in [0.717, 1.165) is 21.5 Å². The van der Waals surface area contributed by atoms with Gasteiger partial charge in [0.1, 0.15) is 5.52 Å². The molecule has 0 unspecified atom stereocenters. The van der Waals surface area contributed by atoms with Gasteiger partial charge in [0.2, 0.25) is 5.95 Å². The minimum Gasteiger partial charge on any atom is -0.440 e. The fourth-order valence-electron chi connectivity index (χ4n) is 1.84. The van der Waals surface area contributed by atoms with Crippen LogP contribution in [0, 0.1) is 0 Å². The Morgan fingerprint density at radius 3 is 2.75 bits per heavy atom. The number of para-hydroxylation sites is 2. The third kappa shape index (κ3) is 2.80. The van der Waals surface area contributed by atoms with Crippen LogP contribution in [0.4, 0.5) is 5.95 Å². The molecular weight excluding hydrogens is 320 g/mol. The smallest absolute Gasteiger partial charge is 0.222 e. The zero-order valence-electron chi connectivity index (χ0n) is 10.9. The van der Waals surface area contributed by atoms with E-state index in [1.54, 1.807) is 12.4 Å². The van der Waals surface area contributed by atoms with Gasteiger partial charge in [0.05, 0.1) is 10.4 Å². The molecule has 6 heteroatoms. The maximum absolute atomic E-state index is 5.74. The fourth-order valence-corrected chi connectivity index (χ4v) is 2.04. The number of rotatable bonds is 4. The van der Waals surface area contributed by atoms with Gasteiger partial charge in [-0.15, -0.1) is 0 Å². The van der Waals surface area contributed by atoms with Crippen molar-refractivity contribution in [3.63, 3.8) is 0 Å². The highest BCUT2D eigenvalue weighted by atomic mass is 79.9. The first kappa shape index (κ1) is 13.1. The summed E-state index contributed by atoms with van der Waals surface area (Å²) in [4.78, 5) is 12.8. The van der Waals surface area contributed by atoms with E-state index in [1.165, 1.54) is 0 Å². The molecule has 3 aromatic rings. The third-order valence-corrected chi connectivity index (χ3v) is 3.33. The Morgan fingerprint density at radius 2 is 2.00 bits per heavy atom. The van der Waals surface area contributed by atoms with Crippen LogP contribution in [0.1, 0.15) is 18.7 Å². The van der Waals surface area contributed by atoms with Crippen molar-refractivity contribution in [1.82, 2.24) is 15.0 Å². The number of oxazole rings is 1. The van der Waals surface area contributed by atoms with E-state index >= 15 is 0 Å². The van der Waals surface area contributed by atoms with Crippen LogP contribution >= 0.6 is 15.9 Å². The molecule has 0 saturated heterocycles. The highest BCUT2D eigenvalue weighted by Gasteiger charge is 2.13. The van der Waals surface area contributed by atoms with E-state index in [4.69, 9.17) is 4.42 Å². The summed E-state index contributed by atoms with van der Waals surface area (Å²) in [5.41, 5.74) is 1.70. The molecule has 0 aliphatic rings. The molecule has 0 aliphatic heterocycles. The molecule has 2 aromatic heterocycles. The lowest BCUT2D eigenvalue weighted by Gasteiger charge is -2.08. The van der Waals surface area contributed by atoms with Crippen molar-refractivity contribution >= 4 is 33.0 Å². The topological polar surface area (TPSA) is 63.8 Å². The van der Waals surface area contributed by atoms with Crippen molar-refractivity contribution in [3.8, 4) is 0 Å². The van der Waals surface area contributed by atoms with E-state index in [-0.39, 0.29) is 5.92 Å². The van der Waals surface area contributed by atoms with Gasteiger partial charge in [0.25, 0.3) is 0 Å². The quantitative estimate of drug-likeness (QED) is 0.790. The minimum atomic E-state index is 0.134. The molecule has 0 radical (unpaired) electrons. The Morgan fingerprint density at radius 1 is 1.25 bits per heavy atom. The Hall–Kier alpha value is -1.95. The van der Waals surface area contributed by atoms with Crippen LogP contribution in [0.25, 0.3) is 11.1 Å². The SMILES string of the molecule is C[C@@H](CNc1ncc(Br)cn1)c1nc2ccccc2o1. The largest absolute Gasteiger partial charge is 0.440 e. The Bertz CT molecular complexity index is 678. The summed E-state index contributed by atoms with van der Waals surface area (Å²) in [6.45, 7) is 2.71. The van der Waals surface area contributed by atoms with E-state index in [9.17, 15) is 0 Å². The van der Waals surface area contributed by atoms with Crippen molar-refractivity contribution in [3.05, 3.63) is 47.0 Å². The summed E-state index contributed by atoms with van der Waals surface area (Å²) in [7, 11) is 0. The predicted octanol–water partition coefficient (Wildman–Crippen LogP) is 3.60. The van der Waals surface area contributed by atoms with Gasteiger partial charge in [-0.1, -0.05) is 19.1 Å². The number of nitrogens with one attached hydrogen (secondary N) is 1. The molecule has 3 rings (SSSR count). The highest BCUT2D eigenvalue weighted by molar-refractivity contribution is 9.10. The van der Waals surface area contributed by atoms with Gasteiger partial charge in [0, 0.05) is 18.9 Å². The number of aromatic nitrogens is 3. The molecule has 1 N–H and O–H groups in total. The fraction of sp³-hybridized carbons (Fsp3) is 0.214. The number of fused-ring (bicyclic) bond motifs is 1. The molecule has 0 aliphatic carbocycles. The van der Waals surface area contributed by atoms with E-state index in [2.05, 4.69) is 43.1 Å². The van der Waals surface area contributed by atoms with E-state index < -0.39 is 0 Å². The second kappa shape index (κ2) is 5.58. The van der Waals surface area contributed by atoms with Crippen LogP contribution in [0.3, 0.4) is 0 Å².